The number of nitrogens with zero attached hydrogens (tertiary/aromatic N) is 1. The Kier molecular flexibility index (Phi) is 4.73. The van der Waals surface area contributed by atoms with Crippen LogP contribution in [0.2, 0.25) is 0 Å². The van der Waals surface area contributed by atoms with Crippen molar-refractivity contribution in [1.82, 2.24) is 4.90 Å². The Morgan fingerprint density at radius 3 is 2.53 bits per heavy atom. The second kappa shape index (κ2) is 6.31. The zero-order chi connectivity index (χ0) is 13.8. The van der Waals surface area contributed by atoms with Gasteiger partial charge in [-0.15, -0.1) is 0 Å². The molecule has 2 rings (SSSR count). The fourth-order valence-electron chi connectivity index (χ4n) is 2.49. The van der Waals surface area contributed by atoms with Gasteiger partial charge in [-0.1, -0.05) is 0 Å². The molecule has 2 unspecified atom stereocenters. The molecule has 0 aromatic rings. The molecule has 0 saturated carbocycles. The number of piperidine rings is 1. The first-order valence-corrected chi connectivity index (χ1v) is 6.53. The zero-order valence-electron chi connectivity index (χ0n) is 10.8. The van der Waals surface area contributed by atoms with E-state index in [1.165, 1.54) is 0 Å². The van der Waals surface area contributed by atoms with Gasteiger partial charge in [-0.2, -0.15) is 0 Å². The highest BCUT2D eigenvalue weighted by molar-refractivity contribution is 5.80. The van der Waals surface area contributed by atoms with Crippen LogP contribution in [0.25, 0.3) is 0 Å². The Balaban J connectivity index is 1.76. The molecule has 0 bridgehead atoms. The second-order valence-corrected chi connectivity index (χ2v) is 5.04. The largest absolute Gasteiger partial charge is 0.480 e. The summed E-state index contributed by atoms with van der Waals surface area (Å²) in [5.41, 5.74) is 5.83. The summed E-state index contributed by atoms with van der Waals surface area (Å²) in [5, 5.41) is 8.54. The molecule has 2 heterocycles. The van der Waals surface area contributed by atoms with Crippen LogP contribution in [0, 0.1) is 5.92 Å². The highest BCUT2D eigenvalue weighted by Crippen LogP contribution is 2.19. The van der Waals surface area contributed by atoms with Gasteiger partial charge in [-0.05, 0) is 12.8 Å². The van der Waals surface area contributed by atoms with E-state index >= 15 is 0 Å². The lowest BCUT2D eigenvalue weighted by Crippen LogP contribution is -2.47. The van der Waals surface area contributed by atoms with Crippen LogP contribution in [0.3, 0.4) is 0 Å². The number of carboxylic acids is 1. The van der Waals surface area contributed by atoms with E-state index in [9.17, 15) is 9.59 Å². The number of likely N-dealkylation sites (tertiary alicyclic amines) is 1. The Labute approximate surface area is 111 Å². The van der Waals surface area contributed by atoms with Crippen LogP contribution < -0.4 is 5.73 Å². The maximum absolute atomic E-state index is 12.2. The van der Waals surface area contributed by atoms with Crippen molar-refractivity contribution in [2.24, 2.45) is 11.7 Å². The summed E-state index contributed by atoms with van der Waals surface area (Å²) in [7, 11) is 0. The molecule has 7 heteroatoms. The fourth-order valence-corrected chi connectivity index (χ4v) is 2.49. The van der Waals surface area contributed by atoms with Crippen molar-refractivity contribution in [1.29, 1.82) is 0 Å². The maximum atomic E-state index is 12.2. The lowest BCUT2D eigenvalue weighted by molar-refractivity contribution is -0.147. The molecule has 19 heavy (non-hydrogen) atoms. The van der Waals surface area contributed by atoms with E-state index in [4.69, 9.17) is 20.3 Å². The maximum Gasteiger partial charge on any atom is 0.329 e. The van der Waals surface area contributed by atoms with Crippen molar-refractivity contribution < 1.29 is 24.2 Å². The lowest BCUT2D eigenvalue weighted by Gasteiger charge is -2.33. The molecule has 7 nitrogen and oxygen atoms in total. The Hall–Kier alpha value is -1.18. The van der Waals surface area contributed by atoms with E-state index < -0.39 is 5.97 Å². The normalized spacial score (nSPS) is 28.6. The Morgan fingerprint density at radius 2 is 2.00 bits per heavy atom. The highest BCUT2D eigenvalue weighted by Gasteiger charge is 2.35. The van der Waals surface area contributed by atoms with Gasteiger partial charge in [0.1, 0.15) is 6.61 Å². The van der Waals surface area contributed by atoms with Gasteiger partial charge in [-0.25, -0.2) is 4.79 Å². The minimum Gasteiger partial charge on any atom is -0.480 e. The summed E-state index contributed by atoms with van der Waals surface area (Å²) < 4.78 is 10.4. The Morgan fingerprint density at radius 1 is 1.32 bits per heavy atom. The summed E-state index contributed by atoms with van der Waals surface area (Å²) in [4.78, 5) is 24.4. The van der Waals surface area contributed by atoms with E-state index in [0.717, 1.165) is 0 Å². The molecule has 3 N–H and O–H groups in total. The predicted molar refractivity (Wildman–Crippen MR) is 65.5 cm³/mol. The van der Waals surface area contributed by atoms with Crippen molar-refractivity contribution >= 4 is 11.9 Å². The molecule has 1 amide bonds. The van der Waals surface area contributed by atoms with Gasteiger partial charge in [0.2, 0.25) is 5.91 Å². The van der Waals surface area contributed by atoms with Gasteiger partial charge in [0.25, 0.3) is 0 Å². The third-order valence-electron chi connectivity index (χ3n) is 3.64. The quantitative estimate of drug-likeness (QED) is 0.684. The number of carboxylic acid groups (broad SMARTS) is 1. The standard InChI is InChI=1S/C12H20N2O5/c13-10-6-18-5-9(10)12(17)14-3-1-8(2-4-14)19-7-11(15)16/h8-10H,1-7,13H2,(H,15,16). The van der Waals surface area contributed by atoms with Gasteiger partial charge in [0.15, 0.2) is 0 Å². The first-order chi connectivity index (χ1) is 9.08. The van der Waals surface area contributed by atoms with Crippen LogP contribution in [0.1, 0.15) is 12.8 Å². The average Bonchev–Trinajstić information content (AvgIpc) is 2.82. The minimum atomic E-state index is -0.965. The predicted octanol–water partition coefficient (Wildman–Crippen LogP) is -0.948. The summed E-state index contributed by atoms with van der Waals surface area (Å²) >= 11 is 0. The van der Waals surface area contributed by atoms with Gasteiger partial charge < -0.3 is 25.2 Å². The summed E-state index contributed by atoms with van der Waals surface area (Å²) in [6, 6.07) is -0.214. The van der Waals surface area contributed by atoms with E-state index in [0.29, 0.717) is 39.1 Å². The van der Waals surface area contributed by atoms with Crippen LogP contribution in [0.5, 0.6) is 0 Å². The molecular weight excluding hydrogens is 252 g/mol. The van der Waals surface area contributed by atoms with Crippen LogP contribution in [0.15, 0.2) is 0 Å². The SMILES string of the molecule is NC1COCC1C(=O)N1CCC(OCC(=O)O)CC1. The molecule has 2 fully saturated rings. The van der Waals surface area contributed by atoms with Gasteiger partial charge in [-0.3, -0.25) is 4.79 Å². The van der Waals surface area contributed by atoms with Gasteiger partial charge in [0.05, 0.1) is 25.2 Å². The molecule has 2 atom stereocenters. The number of aliphatic carboxylic acids is 1. The molecule has 2 aliphatic rings. The van der Waals surface area contributed by atoms with Gasteiger partial charge >= 0.3 is 5.97 Å². The first kappa shape index (κ1) is 14.2. The summed E-state index contributed by atoms with van der Waals surface area (Å²) in [6.07, 6.45) is 1.26. The fraction of sp³-hybridized carbons (Fsp3) is 0.833. The van der Waals surface area contributed by atoms with Crippen LogP contribution >= 0.6 is 0 Å². The first-order valence-electron chi connectivity index (χ1n) is 6.53. The van der Waals surface area contributed by atoms with Crippen molar-refractivity contribution in [2.45, 2.75) is 25.0 Å². The molecule has 0 radical (unpaired) electrons. The van der Waals surface area contributed by atoms with E-state index in [1.54, 1.807) is 4.90 Å². The lowest BCUT2D eigenvalue weighted by atomic mass is 10.0. The van der Waals surface area contributed by atoms with Crippen molar-refractivity contribution in [3.63, 3.8) is 0 Å². The topological polar surface area (TPSA) is 102 Å². The Bertz CT molecular complexity index is 341. The van der Waals surface area contributed by atoms with Gasteiger partial charge in [0, 0.05) is 19.1 Å². The number of amides is 1. The molecule has 2 saturated heterocycles. The number of hydrogen-bond acceptors (Lipinski definition) is 5. The minimum absolute atomic E-state index is 0.0432. The number of carbonyl (C=O) groups is 2. The number of nitrogens with two attached hydrogens (primary N) is 1. The molecule has 108 valence electrons. The number of hydrogen-bond donors (Lipinski definition) is 2. The van der Waals surface area contributed by atoms with Crippen LogP contribution in [0.4, 0.5) is 0 Å². The van der Waals surface area contributed by atoms with Crippen molar-refractivity contribution in [3.05, 3.63) is 0 Å². The number of carbonyl (C=O) groups excluding carboxylic acids is 1. The molecule has 0 aromatic carbocycles. The molecule has 0 aromatic heterocycles. The third kappa shape index (κ3) is 3.65. The summed E-state index contributed by atoms with van der Waals surface area (Å²) in [5.74, 6) is -1.16. The van der Waals surface area contributed by atoms with E-state index in [2.05, 4.69) is 0 Å². The van der Waals surface area contributed by atoms with Crippen LogP contribution in [-0.2, 0) is 19.1 Å². The average molecular weight is 272 g/mol. The third-order valence-corrected chi connectivity index (χ3v) is 3.64. The van der Waals surface area contributed by atoms with E-state index in [1.807, 2.05) is 0 Å². The highest BCUT2D eigenvalue weighted by atomic mass is 16.5. The van der Waals surface area contributed by atoms with Crippen molar-refractivity contribution in [2.75, 3.05) is 32.9 Å². The van der Waals surface area contributed by atoms with Crippen LogP contribution in [-0.4, -0.2) is 66.9 Å². The number of rotatable bonds is 4. The summed E-state index contributed by atoms with van der Waals surface area (Å²) in [6.45, 7) is 1.74. The molecule has 0 aliphatic carbocycles. The molecular formula is C12H20N2O5. The zero-order valence-corrected chi connectivity index (χ0v) is 10.8. The second-order valence-electron chi connectivity index (χ2n) is 5.04. The number of ether oxygens (including phenoxy) is 2. The van der Waals surface area contributed by atoms with E-state index in [-0.39, 0.29) is 30.6 Å². The monoisotopic (exact) mass is 272 g/mol. The molecule has 0 spiro atoms. The smallest absolute Gasteiger partial charge is 0.329 e. The van der Waals surface area contributed by atoms with Crippen molar-refractivity contribution in [3.8, 4) is 0 Å². The molecule has 2 aliphatic heterocycles.